The van der Waals surface area contributed by atoms with E-state index in [0.29, 0.717) is 0 Å². The number of aryl methyl sites for hydroxylation is 3. The van der Waals surface area contributed by atoms with E-state index in [2.05, 4.69) is 202 Å². The Labute approximate surface area is 413 Å². The summed E-state index contributed by atoms with van der Waals surface area (Å²) in [5.74, 6) is 0. The maximum absolute atomic E-state index is 2.78. The van der Waals surface area contributed by atoms with Crippen LogP contribution in [0.1, 0.15) is 223 Å². The third kappa shape index (κ3) is 6.47. The molecule has 68 heavy (non-hydrogen) atoms. The van der Waals surface area contributed by atoms with Crippen molar-refractivity contribution in [1.82, 2.24) is 0 Å². The highest BCUT2D eigenvalue weighted by molar-refractivity contribution is 7.00. The molecule has 0 saturated carbocycles. The molecule has 2 nitrogen and oxygen atoms in total. The summed E-state index contributed by atoms with van der Waals surface area (Å²) in [6, 6.07) is 26.6. The van der Waals surface area contributed by atoms with Gasteiger partial charge in [-0.2, -0.15) is 0 Å². The van der Waals surface area contributed by atoms with Crippen LogP contribution in [0.4, 0.5) is 34.1 Å². The predicted octanol–water partition coefficient (Wildman–Crippen LogP) is 16.1. The minimum absolute atomic E-state index is 0.0722. The molecule has 0 saturated heterocycles. The Hall–Kier alpha value is -4.24. The van der Waals surface area contributed by atoms with E-state index in [1.807, 2.05) is 0 Å². The Morgan fingerprint density at radius 3 is 0.809 bits per heavy atom. The first-order valence-electron chi connectivity index (χ1n) is 26.8. The Kier molecular flexibility index (Phi) is 9.51. The molecule has 0 radical (unpaired) electrons. The number of nitrogens with zero attached hydrogens (tertiary/aromatic N) is 2. The molecule has 5 aromatic carbocycles. The highest BCUT2D eigenvalue weighted by atomic mass is 15.2. The van der Waals surface area contributed by atoms with Crippen LogP contribution in [0.3, 0.4) is 0 Å². The third-order valence-electron chi connectivity index (χ3n) is 20.0. The molecule has 0 aromatic heterocycles. The van der Waals surface area contributed by atoms with E-state index in [4.69, 9.17) is 0 Å². The Morgan fingerprint density at radius 1 is 0.294 bits per heavy atom. The zero-order valence-corrected chi connectivity index (χ0v) is 45.9. The minimum Gasteiger partial charge on any atom is -0.311 e. The predicted molar refractivity (Wildman–Crippen MR) is 296 cm³/mol. The topological polar surface area (TPSA) is 6.48 Å². The molecule has 2 heterocycles. The van der Waals surface area contributed by atoms with Crippen molar-refractivity contribution in [2.45, 2.75) is 226 Å². The van der Waals surface area contributed by atoms with Crippen LogP contribution in [-0.2, 0) is 43.3 Å². The summed E-state index contributed by atoms with van der Waals surface area (Å²) in [6.45, 7) is 47.3. The molecule has 3 heteroatoms. The second-order valence-electron chi connectivity index (χ2n) is 28.7. The third-order valence-corrected chi connectivity index (χ3v) is 20.0. The van der Waals surface area contributed by atoms with Gasteiger partial charge in [-0.25, -0.2) is 0 Å². The first-order valence-corrected chi connectivity index (χ1v) is 26.8. The van der Waals surface area contributed by atoms with Crippen molar-refractivity contribution in [1.29, 1.82) is 0 Å². The van der Waals surface area contributed by atoms with Crippen LogP contribution < -0.4 is 26.2 Å². The van der Waals surface area contributed by atoms with Crippen LogP contribution in [-0.4, -0.2) is 6.71 Å². The second kappa shape index (κ2) is 14.0. The summed E-state index contributed by atoms with van der Waals surface area (Å²) in [4.78, 5) is 5.56. The standard InChI is InChI=1S/C65H83BN2/c1-38-28-55-57-56(29-38)68(52-35-46-42(31-40(52)3)59(6,7)21-25-63(46,14)15)54-37-48-44(61(10,11)23-27-65(48,18)19)33-50(54)66(57)49-32-43-47(64(16,17)26-22-60(43,8)9)36-53(49)67(55)51-34-45-41(30-39(51)2)58(4,5)20-24-62(45,12)13/h28-37H,20-27H2,1-19H3. The van der Waals surface area contributed by atoms with Gasteiger partial charge in [-0.3, -0.25) is 0 Å². The van der Waals surface area contributed by atoms with Crippen LogP contribution in [0.15, 0.2) is 60.7 Å². The first-order chi connectivity index (χ1) is 31.4. The van der Waals surface area contributed by atoms with Gasteiger partial charge < -0.3 is 9.80 Å². The molecule has 6 aliphatic rings. The highest BCUT2D eigenvalue weighted by Gasteiger charge is 2.50. The number of hydrogen-bond donors (Lipinski definition) is 0. The van der Waals surface area contributed by atoms with Gasteiger partial charge in [0.2, 0.25) is 0 Å². The Balaban J connectivity index is 1.30. The van der Waals surface area contributed by atoms with Gasteiger partial charge in [0.1, 0.15) is 0 Å². The summed E-state index contributed by atoms with van der Waals surface area (Å²) in [5.41, 5.74) is 29.6. The SMILES string of the molecule is Cc1cc2c3c(c1)N(c1cc4c(cc1C)C(C)(C)CCC4(C)C)c1cc4c(cc1B3c1cc3c(cc1N2c1cc2c(cc1C)C(C)(C)CCC2(C)C)C(C)(C)CCC3(C)C)C(C)(C)CCC4(C)C. The fraction of sp³-hybridized carbons (Fsp3) is 0.538. The number of fused-ring (bicyclic) bond motifs is 8. The normalized spacial score (nSPS) is 23.0. The molecule has 5 aromatic rings. The van der Waals surface area contributed by atoms with Crippen molar-refractivity contribution in [3.63, 3.8) is 0 Å². The zero-order chi connectivity index (χ0) is 49.0. The molecule has 4 aliphatic carbocycles. The van der Waals surface area contributed by atoms with Crippen LogP contribution in [0.5, 0.6) is 0 Å². The summed E-state index contributed by atoms with van der Waals surface area (Å²) in [6.07, 6.45) is 9.60. The lowest BCUT2D eigenvalue weighted by atomic mass is 9.32. The summed E-state index contributed by atoms with van der Waals surface area (Å²) >= 11 is 0. The molecular weight excluding hydrogens is 820 g/mol. The molecule has 0 unspecified atom stereocenters. The monoisotopic (exact) mass is 903 g/mol. The van der Waals surface area contributed by atoms with Gasteiger partial charge in [0.25, 0.3) is 6.71 Å². The molecule has 0 N–H and O–H groups in total. The van der Waals surface area contributed by atoms with Crippen molar-refractivity contribution in [2.24, 2.45) is 0 Å². The maximum Gasteiger partial charge on any atom is 0.252 e. The largest absolute Gasteiger partial charge is 0.311 e. The number of rotatable bonds is 2. The van der Waals surface area contributed by atoms with E-state index in [1.165, 1.54) is 152 Å². The minimum atomic E-state index is 0.0722. The van der Waals surface area contributed by atoms with Crippen molar-refractivity contribution in [3.05, 3.63) is 122 Å². The van der Waals surface area contributed by atoms with Crippen LogP contribution in [0.2, 0.25) is 0 Å². The van der Waals surface area contributed by atoms with Gasteiger partial charge in [-0.05, 0) is 229 Å². The van der Waals surface area contributed by atoms with Crippen LogP contribution >= 0.6 is 0 Å². The van der Waals surface area contributed by atoms with E-state index in [1.54, 1.807) is 11.1 Å². The average molecular weight is 903 g/mol. The van der Waals surface area contributed by atoms with Gasteiger partial charge in [-0.1, -0.05) is 135 Å². The molecule has 0 atom stereocenters. The van der Waals surface area contributed by atoms with Crippen LogP contribution in [0, 0.1) is 20.8 Å². The molecule has 2 aliphatic heterocycles. The van der Waals surface area contributed by atoms with E-state index in [-0.39, 0.29) is 50.0 Å². The smallest absolute Gasteiger partial charge is 0.252 e. The van der Waals surface area contributed by atoms with Crippen molar-refractivity contribution < 1.29 is 0 Å². The number of benzene rings is 5. The zero-order valence-electron chi connectivity index (χ0n) is 45.9. The quantitative estimate of drug-likeness (QED) is 0.160. The van der Waals surface area contributed by atoms with Gasteiger partial charge in [-0.15, -0.1) is 0 Å². The number of anilines is 6. The van der Waals surface area contributed by atoms with E-state index in [9.17, 15) is 0 Å². The molecular formula is C65H83BN2. The number of hydrogen-bond acceptors (Lipinski definition) is 2. The fourth-order valence-corrected chi connectivity index (χ4v) is 14.7. The summed E-state index contributed by atoms with van der Waals surface area (Å²) in [7, 11) is 0. The first kappa shape index (κ1) is 46.2. The lowest BCUT2D eigenvalue weighted by molar-refractivity contribution is 0.331. The fourth-order valence-electron chi connectivity index (χ4n) is 14.7. The van der Waals surface area contributed by atoms with E-state index >= 15 is 0 Å². The van der Waals surface area contributed by atoms with Gasteiger partial charge >= 0.3 is 0 Å². The summed E-state index contributed by atoms with van der Waals surface area (Å²) in [5, 5.41) is 0. The Bertz CT molecular complexity index is 2820. The van der Waals surface area contributed by atoms with Gasteiger partial charge in [0, 0.05) is 34.1 Å². The molecule has 356 valence electrons. The Morgan fingerprint density at radius 2 is 0.529 bits per heavy atom. The molecule has 0 fully saturated rings. The summed E-state index contributed by atoms with van der Waals surface area (Å²) < 4.78 is 0. The van der Waals surface area contributed by atoms with E-state index < -0.39 is 0 Å². The van der Waals surface area contributed by atoms with Crippen molar-refractivity contribution in [2.75, 3.05) is 9.80 Å². The lowest BCUT2D eigenvalue weighted by Crippen LogP contribution is -2.62. The average Bonchev–Trinajstić information content (AvgIpc) is 3.24. The molecule has 0 spiro atoms. The molecule has 11 rings (SSSR count). The van der Waals surface area contributed by atoms with Crippen LogP contribution in [0.25, 0.3) is 0 Å². The maximum atomic E-state index is 2.78. The lowest BCUT2D eigenvalue weighted by Gasteiger charge is -2.50. The molecule has 0 bridgehead atoms. The van der Waals surface area contributed by atoms with Gasteiger partial charge in [0.15, 0.2) is 0 Å². The van der Waals surface area contributed by atoms with Gasteiger partial charge in [0.05, 0.1) is 0 Å². The van der Waals surface area contributed by atoms with E-state index in [0.717, 1.165) is 0 Å². The second-order valence-corrected chi connectivity index (χ2v) is 28.7. The molecule has 0 amide bonds. The highest BCUT2D eigenvalue weighted by Crippen LogP contribution is 2.56. The van der Waals surface area contributed by atoms with Crippen molar-refractivity contribution >= 4 is 57.2 Å². The van der Waals surface area contributed by atoms with Crippen molar-refractivity contribution in [3.8, 4) is 0 Å².